The van der Waals surface area contributed by atoms with Gasteiger partial charge in [-0.25, -0.2) is 16.8 Å². The number of aryl methyl sites for hydroxylation is 1. The molecule has 1 saturated carbocycles. The van der Waals surface area contributed by atoms with E-state index in [-0.39, 0.29) is 22.5 Å². The second-order valence-corrected chi connectivity index (χ2v) is 19.2. The third-order valence-electron chi connectivity index (χ3n) is 11.2. The molecular weight excluding hydrogens is 741 g/mol. The van der Waals surface area contributed by atoms with E-state index in [1.807, 2.05) is 60.7 Å². The lowest BCUT2D eigenvalue weighted by Gasteiger charge is -2.29. The Morgan fingerprint density at radius 3 is 1.91 bits per heavy atom. The molecule has 10 nitrogen and oxygen atoms in total. The fraction of sp³-hybridized carbons (Fsp3) is 0.364. The Balaban J connectivity index is 0.000000172. The molecule has 0 bridgehead atoms. The highest BCUT2D eigenvalue weighted by Gasteiger charge is 2.34. The zero-order valence-corrected chi connectivity index (χ0v) is 33.5. The summed E-state index contributed by atoms with van der Waals surface area (Å²) in [5.41, 5.74) is 15.1. The van der Waals surface area contributed by atoms with Gasteiger partial charge in [-0.15, -0.1) is 0 Å². The summed E-state index contributed by atoms with van der Waals surface area (Å²) in [7, 11) is -5.01. The van der Waals surface area contributed by atoms with Crippen molar-refractivity contribution in [2.75, 3.05) is 25.4 Å². The molecule has 4 aromatic carbocycles. The van der Waals surface area contributed by atoms with Crippen molar-refractivity contribution in [1.29, 1.82) is 5.26 Å². The maximum atomic E-state index is 13.0. The lowest BCUT2D eigenvalue weighted by Crippen LogP contribution is -2.37. The van der Waals surface area contributed by atoms with Crippen LogP contribution in [0.2, 0.25) is 0 Å². The SMILES string of the molecule is Cn1cc(S(=O)(=O)N2CCc3ccc(C(CN)Cc4ccccc4)cc3C2)cn1.N#CC(Cc1ccccc1)c1ccc2c(c1)CN(S(=O)(=O)CC1CC1)CC2. The smallest absolute Gasteiger partial charge is 0.246 e. The Labute approximate surface area is 331 Å². The molecule has 12 heteroatoms. The van der Waals surface area contributed by atoms with E-state index in [0.717, 1.165) is 53.5 Å². The first-order valence-corrected chi connectivity index (χ1v) is 22.4. The standard InChI is InChI=1S/C22H26N4O2S.C22H24N2O2S/c1-25-16-22(14-24-25)29(27,28)26-10-9-18-7-8-19(12-21(18)15-26)20(13-23)11-17-5-3-2-4-6-17;23-14-21(12-17-4-2-1-3-5-17)20-9-8-19-10-11-24(15-22(19)13-20)27(25,26)16-18-6-7-18/h2-8,12,14,16,20H,9-11,13,15,23H2,1H3;1-5,8-9,13,18,21H,6-7,10-12,15-16H2. The zero-order valence-electron chi connectivity index (χ0n) is 31.9. The van der Waals surface area contributed by atoms with Crippen LogP contribution in [0.25, 0.3) is 0 Å². The summed E-state index contributed by atoms with van der Waals surface area (Å²) in [6.45, 7) is 2.40. The number of benzene rings is 4. The van der Waals surface area contributed by atoms with Gasteiger partial charge < -0.3 is 5.73 Å². The van der Waals surface area contributed by atoms with Crippen molar-refractivity contribution in [3.05, 3.63) is 154 Å². The minimum Gasteiger partial charge on any atom is -0.330 e. The molecule has 1 aliphatic carbocycles. The Bertz CT molecular complexity index is 2390. The maximum absolute atomic E-state index is 13.0. The minimum absolute atomic E-state index is 0.202. The molecule has 0 saturated heterocycles. The Morgan fingerprint density at radius 2 is 1.34 bits per heavy atom. The summed E-state index contributed by atoms with van der Waals surface area (Å²) >= 11 is 0. The highest BCUT2D eigenvalue weighted by molar-refractivity contribution is 7.89. The first-order chi connectivity index (χ1) is 27.0. The number of nitrogens with zero attached hydrogens (tertiary/aromatic N) is 5. The van der Waals surface area contributed by atoms with Crippen molar-refractivity contribution >= 4 is 20.0 Å². The normalized spacial score (nSPS) is 17.1. The van der Waals surface area contributed by atoms with E-state index in [2.05, 4.69) is 47.6 Å². The van der Waals surface area contributed by atoms with Crippen LogP contribution in [0.4, 0.5) is 0 Å². The molecule has 0 spiro atoms. The molecule has 2 aliphatic heterocycles. The van der Waals surface area contributed by atoms with Gasteiger partial charge in [0, 0.05) is 45.3 Å². The summed E-state index contributed by atoms with van der Waals surface area (Å²) in [4.78, 5) is 0.239. The zero-order chi connectivity index (χ0) is 39.3. The number of hydrogen-bond donors (Lipinski definition) is 1. The number of nitriles is 1. The second-order valence-electron chi connectivity index (χ2n) is 15.3. The van der Waals surface area contributed by atoms with Crippen molar-refractivity contribution < 1.29 is 16.8 Å². The average Bonchev–Trinajstić information content (AvgIpc) is 3.92. The molecule has 1 fully saturated rings. The average molecular weight is 791 g/mol. The van der Waals surface area contributed by atoms with E-state index in [1.54, 1.807) is 21.9 Å². The van der Waals surface area contributed by atoms with Crippen LogP contribution < -0.4 is 5.73 Å². The number of nitrogens with two attached hydrogens (primary N) is 1. The molecule has 2 unspecified atom stereocenters. The summed E-state index contributed by atoms with van der Waals surface area (Å²) in [6.07, 6.45) is 8.02. The van der Waals surface area contributed by atoms with Gasteiger partial charge in [0.15, 0.2) is 0 Å². The van der Waals surface area contributed by atoms with Crippen molar-refractivity contribution in [1.82, 2.24) is 18.4 Å². The molecule has 2 N–H and O–H groups in total. The van der Waals surface area contributed by atoms with Crippen molar-refractivity contribution in [3.8, 4) is 6.07 Å². The molecule has 8 rings (SSSR count). The highest BCUT2D eigenvalue weighted by Crippen LogP contribution is 2.34. The molecule has 5 aromatic rings. The molecule has 1 aromatic heterocycles. The van der Waals surface area contributed by atoms with E-state index >= 15 is 0 Å². The van der Waals surface area contributed by atoms with Gasteiger partial charge in [-0.2, -0.15) is 19.0 Å². The van der Waals surface area contributed by atoms with E-state index in [1.165, 1.54) is 27.6 Å². The van der Waals surface area contributed by atoms with Gasteiger partial charge in [-0.05, 0) is 95.5 Å². The number of rotatable bonds is 12. The Kier molecular flexibility index (Phi) is 12.2. The van der Waals surface area contributed by atoms with Gasteiger partial charge in [0.05, 0.1) is 23.9 Å². The van der Waals surface area contributed by atoms with Crippen LogP contribution in [-0.2, 0) is 65.9 Å². The predicted octanol–water partition coefficient (Wildman–Crippen LogP) is 6.09. The fourth-order valence-corrected chi connectivity index (χ4v) is 11.0. The van der Waals surface area contributed by atoms with Gasteiger partial charge in [0.2, 0.25) is 20.0 Å². The number of aromatic nitrogens is 2. The van der Waals surface area contributed by atoms with Crippen LogP contribution >= 0.6 is 0 Å². The molecule has 0 radical (unpaired) electrons. The van der Waals surface area contributed by atoms with E-state index in [4.69, 9.17) is 5.73 Å². The van der Waals surface area contributed by atoms with Gasteiger partial charge >= 0.3 is 0 Å². The van der Waals surface area contributed by atoms with Crippen molar-refractivity contribution in [3.63, 3.8) is 0 Å². The topological polar surface area (TPSA) is 142 Å². The fourth-order valence-electron chi connectivity index (χ4n) is 7.71. The Morgan fingerprint density at radius 1 is 0.768 bits per heavy atom. The largest absolute Gasteiger partial charge is 0.330 e. The molecule has 56 heavy (non-hydrogen) atoms. The Hall–Kier alpha value is -4.64. The van der Waals surface area contributed by atoms with E-state index in [9.17, 15) is 22.1 Å². The molecule has 2 atom stereocenters. The van der Waals surface area contributed by atoms with Crippen LogP contribution in [-0.4, -0.2) is 60.6 Å². The molecule has 292 valence electrons. The van der Waals surface area contributed by atoms with Gasteiger partial charge in [0.1, 0.15) is 4.90 Å². The van der Waals surface area contributed by atoms with Gasteiger partial charge in [0.25, 0.3) is 0 Å². The second kappa shape index (κ2) is 17.2. The number of fused-ring (bicyclic) bond motifs is 2. The maximum Gasteiger partial charge on any atom is 0.246 e. The molecule has 0 amide bonds. The predicted molar refractivity (Wildman–Crippen MR) is 218 cm³/mol. The highest BCUT2D eigenvalue weighted by atomic mass is 32.2. The molecular formula is C44H50N6O4S2. The van der Waals surface area contributed by atoms with E-state index in [0.29, 0.717) is 51.5 Å². The molecule has 3 aliphatic rings. The summed E-state index contributed by atoms with van der Waals surface area (Å²) in [6, 6.07) is 35.3. The molecule has 3 heterocycles. The number of hydrogen-bond acceptors (Lipinski definition) is 7. The monoisotopic (exact) mass is 790 g/mol. The van der Waals surface area contributed by atoms with Crippen LogP contribution in [0.1, 0.15) is 69.2 Å². The summed E-state index contributed by atoms with van der Waals surface area (Å²) in [5.74, 6) is 0.623. The van der Waals surface area contributed by atoms with Gasteiger partial charge in [-0.3, -0.25) is 4.68 Å². The van der Waals surface area contributed by atoms with Crippen LogP contribution in [0.5, 0.6) is 0 Å². The first kappa shape index (κ1) is 39.6. The minimum atomic E-state index is -3.55. The van der Waals surface area contributed by atoms with Crippen LogP contribution in [0.3, 0.4) is 0 Å². The van der Waals surface area contributed by atoms with Crippen molar-refractivity contribution in [2.24, 2.45) is 18.7 Å². The summed E-state index contributed by atoms with van der Waals surface area (Å²) < 4.78 is 55.9. The third-order valence-corrected chi connectivity index (χ3v) is 15.0. The lowest BCUT2D eigenvalue weighted by molar-refractivity contribution is 0.389. The van der Waals surface area contributed by atoms with E-state index < -0.39 is 20.0 Å². The first-order valence-electron chi connectivity index (χ1n) is 19.4. The quantitative estimate of drug-likeness (QED) is 0.161. The van der Waals surface area contributed by atoms with Crippen molar-refractivity contribution in [2.45, 2.75) is 68.3 Å². The van der Waals surface area contributed by atoms with Gasteiger partial charge in [-0.1, -0.05) is 97.1 Å². The number of sulfonamides is 2. The van der Waals surface area contributed by atoms with Crippen LogP contribution in [0, 0.1) is 17.2 Å². The third kappa shape index (κ3) is 9.48. The van der Waals surface area contributed by atoms with Crippen LogP contribution in [0.15, 0.2) is 114 Å². The lowest BCUT2D eigenvalue weighted by atomic mass is 9.88. The summed E-state index contributed by atoms with van der Waals surface area (Å²) in [5, 5.41) is 13.7.